The topological polar surface area (TPSA) is 29.5 Å². The van der Waals surface area contributed by atoms with E-state index in [4.69, 9.17) is 4.74 Å². The lowest BCUT2D eigenvalue weighted by Crippen LogP contribution is -2.42. The zero-order valence-corrected chi connectivity index (χ0v) is 15.4. The monoisotopic (exact) mass is 367 g/mol. The maximum atomic E-state index is 12.8. The molecular formula is C18H26BrNO2. The van der Waals surface area contributed by atoms with Gasteiger partial charge in [-0.2, -0.15) is 0 Å². The molecule has 0 aliphatic heterocycles. The van der Waals surface area contributed by atoms with Crippen LogP contribution in [-0.2, 0) is 16.6 Å². The normalized spacial score (nSPS) is 20.3. The van der Waals surface area contributed by atoms with Crippen LogP contribution in [0.3, 0.4) is 0 Å². The molecule has 4 heteroatoms. The zero-order valence-electron chi connectivity index (χ0n) is 13.7. The molecule has 0 saturated heterocycles. The van der Waals surface area contributed by atoms with E-state index in [1.165, 1.54) is 5.56 Å². The van der Waals surface area contributed by atoms with Crippen molar-refractivity contribution in [3.8, 4) is 5.75 Å². The number of allylic oxidation sites excluding steroid dienone is 1. The fourth-order valence-electron chi connectivity index (χ4n) is 3.24. The summed E-state index contributed by atoms with van der Waals surface area (Å²) in [5.74, 6) is 1.16. The van der Waals surface area contributed by atoms with Gasteiger partial charge in [-0.05, 0) is 63.2 Å². The fourth-order valence-corrected chi connectivity index (χ4v) is 3.24. The number of methoxy groups -OCH3 is 1. The van der Waals surface area contributed by atoms with E-state index in [2.05, 4.69) is 17.5 Å². The number of Topliss-reactive ketones (excluding diaryl/α,β-unsaturated/α-hetero) is 1. The third-order valence-electron chi connectivity index (χ3n) is 4.47. The van der Waals surface area contributed by atoms with Crippen LogP contribution in [0.5, 0.6) is 5.75 Å². The van der Waals surface area contributed by atoms with Crippen molar-refractivity contribution in [1.29, 1.82) is 0 Å². The number of halogens is 1. The molecule has 0 heterocycles. The first kappa shape index (κ1) is 18.9. The minimum Gasteiger partial charge on any atom is -0.497 e. The van der Waals surface area contributed by atoms with Crippen molar-refractivity contribution < 1.29 is 9.53 Å². The van der Waals surface area contributed by atoms with Crippen molar-refractivity contribution >= 4 is 22.8 Å². The molecule has 0 fully saturated rings. The first-order valence-corrected chi connectivity index (χ1v) is 7.50. The highest BCUT2D eigenvalue weighted by atomic mass is 79.9. The van der Waals surface area contributed by atoms with Gasteiger partial charge in [-0.15, -0.1) is 23.6 Å². The Balaban J connectivity index is 0.00000242. The molecule has 1 aromatic rings. The summed E-state index contributed by atoms with van der Waals surface area (Å²) in [6, 6.07) is 6.14. The summed E-state index contributed by atoms with van der Waals surface area (Å²) >= 11 is 0. The van der Waals surface area contributed by atoms with Gasteiger partial charge in [0.2, 0.25) is 0 Å². The van der Waals surface area contributed by atoms with Gasteiger partial charge in [-0.25, -0.2) is 0 Å². The summed E-state index contributed by atoms with van der Waals surface area (Å²) in [6.07, 6.45) is 4.85. The summed E-state index contributed by atoms with van der Waals surface area (Å²) in [4.78, 5) is 14.9. The SMILES string of the molecule is Br.C=CCC1(CCN(C)C)C(=O)CCc2ccc(OC)cc21. The number of ether oxygens (including phenoxy) is 1. The predicted molar refractivity (Wildman–Crippen MR) is 96.3 cm³/mol. The number of carbonyl (C=O) groups is 1. The van der Waals surface area contributed by atoms with Crippen molar-refractivity contribution in [2.24, 2.45) is 0 Å². The average molecular weight is 368 g/mol. The van der Waals surface area contributed by atoms with E-state index in [1.54, 1.807) is 7.11 Å². The molecular weight excluding hydrogens is 342 g/mol. The second kappa shape index (κ2) is 7.93. The molecule has 0 amide bonds. The van der Waals surface area contributed by atoms with Gasteiger partial charge in [0.25, 0.3) is 0 Å². The molecule has 0 N–H and O–H groups in total. The van der Waals surface area contributed by atoms with Gasteiger partial charge in [0, 0.05) is 6.42 Å². The molecule has 0 aromatic heterocycles. The van der Waals surface area contributed by atoms with E-state index < -0.39 is 5.41 Å². The van der Waals surface area contributed by atoms with Gasteiger partial charge in [0.1, 0.15) is 11.5 Å². The number of aryl methyl sites for hydroxylation is 1. The first-order valence-electron chi connectivity index (χ1n) is 7.50. The van der Waals surface area contributed by atoms with Gasteiger partial charge < -0.3 is 9.64 Å². The highest BCUT2D eigenvalue weighted by Crippen LogP contribution is 2.42. The number of hydrogen-bond donors (Lipinski definition) is 0. The third-order valence-corrected chi connectivity index (χ3v) is 4.47. The Morgan fingerprint density at radius 1 is 1.36 bits per heavy atom. The molecule has 0 spiro atoms. The van der Waals surface area contributed by atoms with Gasteiger partial charge in [0.05, 0.1) is 12.5 Å². The molecule has 0 radical (unpaired) electrons. The summed E-state index contributed by atoms with van der Waals surface area (Å²) in [5.41, 5.74) is 1.98. The molecule has 3 nitrogen and oxygen atoms in total. The highest BCUT2D eigenvalue weighted by molar-refractivity contribution is 8.93. The summed E-state index contributed by atoms with van der Waals surface area (Å²) < 4.78 is 5.37. The van der Waals surface area contributed by atoms with Crippen molar-refractivity contribution in [2.45, 2.75) is 31.1 Å². The second-order valence-corrected chi connectivity index (χ2v) is 6.07. The van der Waals surface area contributed by atoms with Crippen LogP contribution in [-0.4, -0.2) is 38.4 Å². The third kappa shape index (κ3) is 3.61. The van der Waals surface area contributed by atoms with Crippen molar-refractivity contribution in [1.82, 2.24) is 4.90 Å². The van der Waals surface area contributed by atoms with E-state index in [-0.39, 0.29) is 17.0 Å². The molecule has 1 aromatic carbocycles. The molecule has 2 rings (SSSR count). The van der Waals surface area contributed by atoms with E-state index in [0.717, 1.165) is 30.7 Å². The number of fused-ring (bicyclic) bond motifs is 1. The standard InChI is InChI=1S/C18H25NO2.BrH/c1-5-10-18(11-12-19(2)3)16-13-15(21-4)8-6-14(16)7-9-17(18)20;/h5-6,8,13H,1,7,9-12H2,2-4H3;1H. The summed E-state index contributed by atoms with van der Waals surface area (Å²) in [5, 5.41) is 0. The minimum atomic E-state index is -0.436. The minimum absolute atomic E-state index is 0. The molecule has 1 aliphatic carbocycles. The van der Waals surface area contributed by atoms with Crippen molar-refractivity contribution in [2.75, 3.05) is 27.7 Å². The van der Waals surface area contributed by atoms with Crippen LogP contribution in [0, 0.1) is 0 Å². The Kier molecular flexibility index (Phi) is 6.82. The van der Waals surface area contributed by atoms with Crippen molar-refractivity contribution in [3.63, 3.8) is 0 Å². The maximum Gasteiger partial charge on any atom is 0.144 e. The van der Waals surface area contributed by atoms with Crippen molar-refractivity contribution in [3.05, 3.63) is 42.0 Å². The smallest absolute Gasteiger partial charge is 0.144 e. The molecule has 1 unspecified atom stereocenters. The number of benzene rings is 1. The summed E-state index contributed by atoms with van der Waals surface area (Å²) in [7, 11) is 5.75. The Bertz CT molecular complexity index is 542. The van der Waals surface area contributed by atoms with Crippen LogP contribution in [0.25, 0.3) is 0 Å². The number of carbonyl (C=O) groups excluding carboxylic acids is 1. The fraction of sp³-hybridized carbons (Fsp3) is 0.500. The van der Waals surface area contributed by atoms with Gasteiger partial charge >= 0.3 is 0 Å². The lowest BCUT2D eigenvalue weighted by Gasteiger charge is -2.38. The summed E-state index contributed by atoms with van der Waals surface area (Å²) in [6.45, 7) is 4.76. The Morgan fingerprint density at radius 2 is 2.09 bits per heavy atom. The molecule has 22 heavy (non-hydrogen) atoms. The number of ketones is 1. The van der Waals surface area contributed by atoms with E-state index >= 15 is 0 Å². The first-order chi connectivity index (χ1) is 10.0. The zero-order chi connectivity index (χ0) is 15.5. The van der Waals surface area contributed by atoms with E-state index in [0.29, 0.717) is 18.6 Å². The van der Waals surface area contributed by atoms with Gasteiger partial charge in [-0.3, -0.25) is 4.79 Å². The largest absolute Gasteiger partial charge is 0.497 e. The van der Waals surface area contributed by atoms with E-state index in [9.17, 15) is 4.79 Å². The molecule has 1 atom stereocenters. The quantitative estimate of drug-likeness (QED) is 0.720. The lowest BCUT2D eigenvalue weighted by atomic mass is 9.65. The molecule has 0 saturated carbocycles. The highest BCUT2D eigenvalue weighted by Gasteiger charge is 2.42. The van der Waals surface area contributed by atoms with Crippen LogP contribution in [0.15, 0.2) is 30.9 Å². The predicted octanol–water partition coefficient (Wildman–Crippen LogP) is 3.55. The number of hydrogen-bond acceptors (Lipinski definition) is 3. The number of nitrogens with zero attached hydrogens (tertiary/aromatic N) is 1. The molecule has 1 aliphatic rings. The number of rotatable bonds is 6. The van der Waals surface area contributed by atoms with Crippen LogP contribution in [0.2, 0.25) is 0 Å². The Labute approximate surface area is 144 Å². The van der Waals surface area contributed by atoms with Gasteiger partial charge in [0.15, 0.2) is 0 Å². The Hall–Kier alpha value is -1.13. The maximum absolute atomic E-state index is 12.8. The molecule has 122 valence electrons. The molecule has 0 bridgehead atoms. The average Bonchev–Trinajstić information content (AvgIpc) is 2.48. The van der Waals surface area contributed by atoms with Gasteiger partial charge in [-0.1, -0.05) is 12.1 Å². The van der Waals surface area contributed by atoms with Crippen LogP contribution in [0.1, 0.15) is 30.4 Å². The van der Waals surface area contributed by atoms with Crippen LogP contribution < -0.4 is 4.74 Å². The van der Waals surface area contributed by atoms with Crippen LogP contribution in [0.4, 0.5) is 0 Å². The van der Waals surface area contributed by atoms with E-state index in [1.807, 2.05) is 32.3 Å². The lowest BCUT2D eigenvalue weighted by molar-refractivity contribution is -0.125. The van der Waals surface area contributed by atoms with Crippen LogP contribution >= 0.6 is 17.0 Å². The Morgan fingerprint density at radius 3 is 2.68 bits per heavy atom. The second-order valence-electron chi connectivity index (χ2n) is 6.07.